The van der Waals surface area contributed by atoms with Crippen molar-refractivity contribution < 1.29 is 14.4 Å². The molecule has 158 valence electrons. The maximum Gasteiger partial charge on any atom is 0.325 e. The number of carbonyl (C=O) groups excluding carboxylic acids is 3. The molecule has 0 bridgehead atoms. The minimum atomic E-state index is -0.806. The second-order valence-electron chi connectivity index (χ2n) is 9.49. The Kier molecular flexibility index (Phi) is 6.29. The summed E-state index contributed by atoms with van der Waals surface area (Å²) >= 11 is 0. The first-order valence-corrected chi connectivity index (χ1v) is 10.6. The third kappa shape index (κ3) is 4.66. The molecule has 0 atom stereocenters. The fourth-order valence-electron chi connectivity index (χ4n) is 4.62. The first-order valence-electron chi connectivity index (χ1n) is 10.6. The summed E-state index contributed by atoms with van der Waals surface area (Å²) in [6.07, 6.45) is 3.14. The fourth-order valence-corrected chi connectivity index (χ4v) is 4.62. The van der Waals surface area contributed by atoms with Crippen molar-refractivity contribution in [3.8, 4) is 0 Å². The highest BCUT2D eigenvalue weighted by Gasteiger charge is 2.53. The molecule has 8 nitrogen and oxygen atoms in total. The van der Waals surface area contributed by atoms with Crippen molar-refractivity contribution in [2.24, 2.45) is 11.3 Å². The predicted molar refractivity (Wildman–Crippen MR) is 107 cm³/mol. The van der Waals surface area contributed by atoms with E-state index < -0.39 is 11.6 Å². The van der Waals surface area contributed by atoms with Crippen molar-refractivity contribution >= 4 is 17.8 Å². The summed E-state index contributed by atoms with van der Waals surface area (Å²) in [5, 5.41) is 9.03. The summed E-state index contributed by atoms with van der Waals surface area (Å²) in [4.78, 5) is 41.0. The van der Waals surface area contributed by atoms with Gasteiger partial charge < -0.3 is 16.0 Å². The summed E-state index contributed by atoms with van der Waals surface area (Å²) < 4.78 is 0. The topological polar surface area (TPSA) is 93.8 Å². The monoisotopic (exact) mass is 393 g/mol. The molecule has 1 saturated carbocycles. The van der Waals surface area contributed by atoms with Crippen LogP contribution >= 0.6 is 0 Å². The van der Waals surface area contributed by atoms with Gasteiger partial charge in [0.15, 0.2) is 0 Å². The van der Waals surface area contributed by atoms with Gasteiger partial charge in [0.05, 0.1) is 0 Å². The largest absolute Gasteiger partial charge is 0.353 e. The van der Waals surface area contributed by atoms with Crippen molar-refractivity contribution in [3.05, 3.63) is 0 Å². The Labute approximate surface area is 167 Å². The summed E-state index contributed by atoms with van der Waals surface area (Å²) in [7, 11) is 0. The summed E-state index contributed by atoms with van der Waals surface area (Å²) in [6.45, 7) is 11.7. The van der Waals surface area contributed by atoms with Crippen LogP contribution in [-0.2, 0) is 9.59 Å². The Balaban J connectivity index is 1.48. The molecule has 0 unspecified atom stereocenters. The number of rotatable bonds is 5. The van der Waals surface area contributed by atoms with Crippen LogP contribution in [0.4, 0.5) is 4.79 Å². The Morgan fingerprint density at radius 2 is 1.82 bits per heavy atom. The van der Waals surface area contributed by atoms with E-state index in [1.807, 2.05) is 0 Å². The normalized spacial score (nSPS) is 29.2. The zero-order valence-corrected chi connectivity index (χ0v) is 17.5. The molecule has 0 aromatic carbocycles. The Morgan fingerprint density at radius 3 is 2.43 bits per heavy atom. The van der Waals surface area contributed by atoms with Gasteiger partial charge in [0.25, 0.3) is 5.91 Å². The zero-order chi connectivity index (χ0) is 20.4. The van der Waals surface area contributed by atoms with Crippen molar-refractivity contribution in [1.82, 2.24) is 25.8 Å². The van der Waals surface area contributed by atoms with E-state index in [9.17, 15) is 14.4 Å². The molecule has 3 rings (SSSR count). The van der Waals surface area contributed by atoms with E-state index in [4.69, 9.17) is 0 Å². The smallest absolute Gasteiger partial charge is 0.325 e. The maximum atomic E-state index is 13.0. The van der Waals surface area contributed by atoms with Crippen LogP contribution in [0.25, 0.3) is 0 Å². The predicted octanol–water partition coefficient (Wildman–Crippen LogP) is 0.535. The van der Waals surface area contributed by atoms with E-state index in [1.165, 1.54) is 0 Å². The van der Waals surface area contributed by atoms with Gasteiger partial charge in [-0.25, -0.2) is 4.79 Å². The lowest BCUT2D eigenvalue weighted by Crippen LogP contribution is -2.51. The van der Waals surface area contributed by atoms with Crippen LogP contribution in [0.15, 0.2) is 0 Å². The second kappa shape index (κ2) is 8.37. The quantitative estimate of drug-likeness (QED) is 0.593. The average molecular weight is 394 g/mol. The van der Waals surface area contributed by atoms with Crippen LogP contribution in [-0.4, -0.2) is 79.0 Å². The summed E-state index contributed by atoms with van der Waals surface area (Å²) in [6, 6.07) is -0.434. The number of nitrogens with zero attached hydrogens (tertiary/aromatic N) is 2. The third-order valence-corrected chi connectivity index (χ3v) is 6.57. The van der Waals surface area contributed by atoms with Crippen molar-refractivity contribution in [1.29, 1.82) is 0 Å². The van der Waals surface area contributed by atoms with E-state index in [-0.39, 0.29) is 23.8 Å². The number of nitrogens with one attached hydrogen (secondary N) is 3. The first-order chi connectivity index (χ1) is 13.2. The van der Waals surface area contributed by atoms with Crippen molar-refractivity contribution in [3.63, 3.8) is 0 Å². The Bertz CT molecular complexity index is 601. The molecule has 2 saturated heterocycles. The first kappa shape index (κ1) is 21.0. The number of amides is 4. The molecule has 2 heterocycles. The number of piperazine rings is 1. The number of hydrogen-bond acceptors (Lipinski definition) is 5. The van der Waals surface area contributed by atoms with Gasteiger partial charge in [-0.2, -0.15) is 0 Å². The molecule has 8 heteroatoms. The highest BCUT2D eigenvalue weighted by Crippen LogP contribution is 2.43. The van der Waals surface area contributed by atoms with E-state index in [0.717, 1.165) is 50.5 Å². The van der Waals surface area contributed by atoms with Gasteiger partial charge >= 0.3 is 6.03 Å². The van der Waals surface area contributed by atoms with E-state index in [0.29, 0.717) is 25.3 Å². The SMILES string of the molecule is CC(C)(C)C1CCC2(CC1)NC(=O)N(CC(=O)NCCN1CCNCC1)C2=O. The molecular formula is C20H35N5O3. The number of imide groups is 1. The lowest BCUT2D eigenvalue weighted by molar-refractivity contribution is -0.136. The minimum Gasteiger partial charge on any atom is -0.353 e. The number of hydrogen-bond donors (Lipinski definition) is 3. The lowest BCUT2D eigenvalue weighted by Gasteiger charge is -2.40. The van der Waals surface area contributed by atoms with Crippen LogP contribution in [0, 0.1) is 11.3 Å². The standard InChI is InChI=1S/C20H35N5O3/c1-19(2,3)15-4-6-20(7-5-15)17(27)25(18(28)23-20)14-16(26)22-10-13-24-11-8-21-9-12-24/h15,21H,4-14H2,1-3H3,(H,22,26)(H,23,28). The van der Waals surface area contributed by atoms with Crippen LogP contribution in [0.2, 0.25) is 0 Å². The molecule has 0 aromatic rings. The molecular weight excluding hydrogens is 358 g/mol. The highest BCUT2D eigenvalue weighted by molar-refractivity contribution is 6.09. The minimum absolute atomic E-state index is 0.198. The number of urea groups is 1. The van der Waals surface area contributed by atoms with Gasteiger partial charge in [-0.15, -0.1) is 0 Å². The van der Waals surface area contributed by atoms with Crippen LogP contribution in [0.3, 0.4) is 0 Å². The second-order valence-corrected chi connectivity index (χ2v) is 9.49. The van der Waals surface area contributed by atoms with Crippen LogP contribution in [0.1, 0.15) is 46.5 Å². The Hall–Kier alpha value is -1.67. The van der Waals surface area contributed by atoms with Crippen LogP contribution < -0.4 is 16.0 Å². The molecule has 2 aliphatic heterocycles. The molecule has 0 radical (unpaired) electrons. The van der Waals surface area contributed by atoms with Crippen LogP contribution in [0.5, 0.6) is 0 Å². The molecule has 1 aliphatic carbocycles. The third-order valence-electron chi connectivity index (χ3n) is 6.57. The molecule has 0 aromatic heterocycles. The zero-order valence-electron chi connectivity index (χ0n) is 17.5. The molecule has 3 aliphatic rings. The highest BCUT2D eigenvalue weighted by atomic mass is 16.2. The molecule has 28 heavy (non-hydrogen) atoms. The van der Waals surface area contributed by atoms with Gasteiger partial charge in [-0.3, -0.25) is 19.4 Å². The lowest BCUT2D eigenvalue weighted by atomic mass is 9.67. The fraction of sp³-hybridized carbons (Fsp3) is 0.850. The van der Waals surface area contributed by atoms with Gasteiger partial charge in [0.2, 0.25) is 5.91 Å². The van der Waals surface area contributed by atoms with Gasteiger partial charge in [-0.1, -0.05) is 20.8 Å². The summed E-state index contributed by atoms with van der Waals surface area (Å²) in [5.41, 5.74) is -0.600. The summed E-state index contributed by atoms with van der Waals surface area (Å²) in [5.74, 6) is 0.0336. The van der Waals surface area contributed by atoms with Crippen molar-refractivity contribution in [2.45, 2.75) is 52.0 Å². The maximum absolute atomic E-state index is 13.0. The molecule has 4 amide bonds. The Morgan fingerprint density at radius 1 is 1.18 bits per heavy atom. The molecule has 3 fully saturated rings. The number of carbonyl (C=O) groups is 3. The average Bonchev–Trinajstić information content (AvgIpc) is 2.86. The van der Waals surface area contributed by atoms with Crippen molar-refractivity contribution in [2.75, 3.05) is 45.8 Å². The van der Waals surface area contributed by atoms with E-state index in [1.54, 1.807) is 0 Å². The van der Waals surface area contributed by atoms with Gasteiger partial charge in [0, 0.05) is 39.3 Å². The molecule has 1 spiro atoms. The van der Waals surface area contributed by atoms with Gasteiger partial charge in [0.1, 0.15) is 12.1 Å². The van der Waals surface area contributed by atoms with E-state index in [2.05, 4.69) is 41.6 Å². The van der Waals surface area contributed by atoms with E-state index >= 15 is 0 Å². The van der Waals surface area contributed by atoms with Gasteiger partial charge in [-0.05, 0) is 37.0 Å². The molecule has 3 N–H and O–H groups in total.